The van der Waals surface area contributed by atoms with Gasteiger partial charge in [-0.05, 0) is 52.2 Å². The number of benzene rings is 4. The molecule has 0 saturated carbocycles. The zero-order chi connectivity index (χ0) is 20.8. The summed E-state index contributed by atoms with van der Waals surface area (Å²) in [6.45, 7) is 2.52. The smallest absolute Gasteiger partial charge is 0.340 e. The molecule has 0 N–H and O–H groups in total. The molecule has 0 aliphatic rings. The molecule has 0 amide bonds. The standard InChI is InChI=1S/C26H22ClNO2/c1-3-4-13-30-26(29)22-15-20-18-8-6-5-7-16(18)9-11-19(20)24-21-14-17(27)10-12-23(21)28(2)25(22)24/h5-12,14-15H,3-4,13H2,1-2H3. The molecule has 5 aromatic rings. The van der Waals surface area contributed by atoms with Crippen LogP contribution in [0.15, 0.2) is 60.7 Å². The molecule has 4 aromatic carbocycles. The van der Waals surface area contributed by atoms with E-state index >= 15 is 0 Å². The number of nitrogens with zero attached hydrogens (tertiary/aromatic N) is 1. The molecule has 0 bridgehead atoms. The van der Waals surface area contributed by atoms with Gasteiger partial charge in [-0.1, -0.05) is 61.3 Å². The van der Waals surface area contributed by atoms with Gasteiger partial charge in [0.2, 0.25) is 0 Å². The predicted molar refractivity (Wildman–Crippen MR) is 126 cm³/mol. The maximum absolute atomic E-state index is 13.1. The lowest BCUT2D eigenvalue weighted by molar-refractivity contribution is 0.0502. The van der Waals surface area contributed by atoms with Gasteiger partial charge in [0, 0.05) is 28.4 Å². The number of halogens is 1. The average molecular weight is 416 g/mol. The van der Waals surface area contributed by atoms with Crippen molar-refractivity contribution in [2.45, 2.75) is 19.8 Å². The van der Waals surface area contributed by atoms with Crippen molar-refractivity contribution in [1.29, 1.82) is 0 Å². The van der Waals surface area contributed by atoms with Gasteiger partial charge in [-0.15, -0.1) is 0 Å². The quantitative estimate of drug-likeness (QED) is 0.176. The number of fused-ring (bicyclic) bond motifs is 7. The fourth-order valence-corrected chi connectivity index (χ4v) is 4.60. The molecule has 0 aliphatic carbocycles. The van der Waals surface area contributed by atoms with E-state index in [2.05, 4.69) is 35.8 Å². The van der Waals surface area contributed by atoms with Gasteiger partial charge in [0.15, 0.2) is 0 Å². The number of esters is 1. The van der Waals surface area contributed by atoms with Crippen LogP contribution in [0.3, 0.4) is 0 Å². The van der Waals surface area contributed by atoms with Crippen molar-refractivity contribution < 1.29 is 9.53 Å². The molecule has 30 heavy (non-hydrogen) atoms. The Bertz CT molecular complexity index is 1450. The first-order valence-corrected chi connectivity index (χ1v) is 10.7. The van der Waals surface area contributed by atoms with Crippen LogP contribution in [-0.2, 0) is 11.8 Å². The Kier molecular flexibility index (Phi) is 4.63. The highest BCUT2D eigenvalue weighted by molar-refractivity contribution is 6.33. The summed E-state index contributed by atoms with van der Waals surface area (Å²) in [5.41, 5.74) is 2.52. The number of hydrogen-bond acceptors (Lipinski definition) is 2. The van der Waals surface area contributed by atoms with Gasteiger partial charge in [-0.2, -0.15) is 0 Å². The number of rotatable bonds is 4. The molecule has 4 heteroatoms. The maximum atomic E-state index is 13.1. The third kappa shape index (κ3) is 2.85. The Morgan fingerprint density at radius 2 is 1.80 bits per heavy atom. The van der Waals surface area contributed by atoms with Crippen molar-refractivity contribution >= 4 is 60.9 Å². The van der Waals surface area contributed by atoms with E-state index in [1.807, 2.05) is 43.4 Å². The lowest BCUT2D eigenvalue weighted by Crippen LogP contribution is -2.08. The van der Waals surface area contributed by atoms with E-state index in [1.165, 1.54) is 0 Å². The van der Waals surface area contributed by atoms with E-state index in [0.29, 0.717) is 17.2 Å². The number of hydrogen-bond donors (Lipinski definition) is 0. The van der Waals surface area contributed by atoms with E-state index in [0.717, 1.165) is 56.2 Å². The van der Waals surface area contributed by atoms with E-state index in [9.17, 15) is 4.79 Å². The molecule has 0 atom stereocenters. The van der Waals surface area contributed by atoms with Crippen LogP contribution in [0.2, 0.25) is 5.02 Å². The van der Waals surface area contributed by atoms with Crippen LogP contribution in [0.25, 0.3) is 43.4 Å². The number of carbonyl (C=O) groups excluding carboxylic acids is 1. The highest BCUT2D eigenvalue weighted by Crippen LogP contribution is 2.40. The van der Waals surface area contributed by atoms with Gasteiger partial charge in [-0.25, -0.2) is 4.79 Å². The number of aryl methyl sites for hydroxylation is 1. The van der Waals surface area contributed by atoms with Crippen molar-refractivity contribution in [2.24, 2.45) is 7.05 Å². The zero-order valence-corrected chi connectivity index (χ0v) is 17.8. The third-order valence-corrected chi connectivity index (χ3v) is 6.13. The van der Waals surface area contributed by atoms with Crippen LogP contribution in [0, 0.1) is 0 Å². The van der Waals surface area contributed by atoms with E-state index in [4.69, 9.17) is 16.3 Å². The van der Waals surface area contributed by atoms with Crippen molar-refractivity contribution in [1.82, 2.24) is 4.57 Å². The normalized spacial score (nSPS) is 11.7. The second-order valence-electron chi connectivity index (χ2n) is 7.74. The summed E-state index contributed by atoms with van der Waals surface area (Å²) in [7, 11) is 1.99. The van der Waals surface area contributed by atoms with Crippen LogP contribution in [0.4, 0.5) is 0 Å². The summed E-state index contributed by atoms with van der Waals surface area (Å²) >= 11 is 6.36. The Labute approximate surface area is 179 Å². The summed E-state index contributed by atoms with van der Waals surface area (Å²) in [5, 5.41) is 7.20. The number of ether oxygens (including phenoxy) is 1. The summed E-state index contributed by atoms with van der Waals surface area (Å²) in [6.07, 6.45) is 1.84. The van der Waals surface area contributed by atoms with Gasteiger partial charge >= 0.3 is 5.97 Å². The summed E-state index contributed by atoms with van der Waals surface area (Å²) < 4.78 is 7.71. The first kappa shape index (κ1) is 19.0. The second kappa shape index (κ2) is 7.33. The molecule has 1 heterocycles. The first-order valence-electron chi connectivity index (χ1n) is 10.3. The molecule has 1 aromatic heterocycles. The van der Waals surface area contributed by atoms with Gasteiger partial charge < -0.3 is 9.30 Å². The molecule has 3 nitrogen and oxygen atoms in total. The monoisotopic (exact) mass is 415 g/mol. The SMILES string of the molecule is CCCCOC(=O)c1cc2c3ccccc3ccc2c2c3cc(Cl)ccc3n(C)c12. The zero-order valence-electron chi connectivity index (χ0n) is 17.0. The molecule has 0 saturated heterocycles. The predicted octanol–water partition coefficient (Wildman–Crippen LogP) is 7.25. The Morgan fingerprint density at radius 3 is 2.63 bits per heavy atom. The molecule has 5 rings (SSSR count). The van der Waals surface area contributed by atoms with Crippen molar-refractivity contribution in [3.05, 3.63) is 71.2 Å². The fraction of sp³-hybridized carbons (Fsp3) is 0.192. The molecule has 0 spiro atoms. The van der Waals surface area contributed by atoms with Crippen molar-refractivity contribution in [2.75, 3.05) is 6.61 Å². The van der Waals surface area contributed by atoms with E-state index in [-0.39, 0.29) is 5.97 Å². The highest BCUT2D eigenvalue weighted by Gasteiger charge is 2.21. The number of carbonyl (C=O) groups is 1. The van der Waals surface area contributed by atoms with Crippen LogP contribution >= 0.6 is 11.6 Å². The third-order valence-electron chi connectivity index (χ3n) is 5.90. The van der Waals surface area contributed by atoms with Crippen molar-refractivity contribution in [3.63, 3.8) is 0 Å². The van der Waals surface area contributed by atoms with Gasteiger partial charge in [0.05, 0.1) is 17.7 Å². The first-order chi connectivity index (χ1) is 14.6. The molecular weight excluding hydrogens is 394 g/mol. The molecule has 0 fully saturated rings. The van der Waals surface area contributed by atoms with Crippen molar-refractivity contribution in [3.8, 4) is 0 Å². The topological polar surface area (TPSA) is 31.2 Å². The highest BCUT2D eigenvalue weighted by atomic mass is 35.5. The summed E-state index contributed by atoms with van der Waals surface area (Å²) in [6, 6.07) is 20.4. The molecular formula is C26H22ClNO2. The van der Waals surface area contributed by atoms with Crippen LogP contribution in [0.5, 0.6) is 0 Å². The minimum Gasteiger partial charge on any atom is -0.462 e. The van der Waals surface area contributed by atoms with E-state index < -0.39 is 0 Å². The van der Waals surface area contributed by atoms with Gasteiger partial charge in [-0.3, -0.25) is 0 Å². The number of unbranched alkanes of at least 4 members (excludes halogenated alkanes) is 1. The fourth-order valence-electron chi connectivity index (χ4n) is 4.43. The van der Waals surface area contributed by atoms with Crippen LogP contribution in [0.1, 0.15) is 30.1 Å². The lowest BCUT2D eigenvalue weighted by atomic mass is 9.95. The second-order valence-corrected chi connectivity index (χ2v) is 8.18. The number of aromatic nitrogens is 1. The van der Waals surface area contributed by atoms with Crippen LogP contribution < -0.4 is 0 Å². The van der Waals surface area contributed by atoms with Gasteiger partial charge in [0.25, 0.3) is 0 Å². The van der Waals surface area contributed by atoms with Gasteiger partial charge in [0.1, 0.15) is 0 Å². The Morgan fingerprint density at radius 1 is 0.967 bits per heavy atom. The summed E-state index contributed by atoms with van der Waals surface area (Å²) in [5.74, 6) is -0.278. The summed E-state index contributed by atoms with van der Waals surface area (Å²) in [4.78, 5) is 13.1. The minimum absolute atomic E-state index is 0.278. The molecule has 0 unspecified atom stereocenters. The minimum atomic E-state index is -0.278. The van der Waals surface area contributed by atoms with Crippen LogP contribution in [-0.4, -0.2) is 17.1 Å². The van der Waals surface area contributed by atoms with E-state index in [1.54, 1.807) is 0 Å². The Balaban J connectivity index is 1.94. The Hall–Kier alpha value is -3.04. The average Bonchev–Trinajstić information content (AvgIpc) is 3.05. The molecule has 150 valence electrons. The maximum Gasteiger partial charge on any atom is 0.340 e. The largest absolute Gasteiger partial charge is 0.462 e. The molecule has 0 radical (unpaired) electrons. The lowest BCUT2D eigenvalue weighted by Gasteiger charge is -2.12. The molecule has 0 aliphatic heterocycles.